The molecule has 0 aromatic heterocycles. The molecule has 152 valence electrons. The summed E-state index contributed by atoms with van der Waals surface area (Å²) in [6, 6.07) is 3.63. The van der Waals surface area contributed by atoms with Crippen LogP contribution in [0.25, 0.3) is 6.08 Å². The van der Waals surface area contributed by atoms with Gasteiger partial charge >= 0.3 is 5.97 Å². The molecular formula is C17H19FN2O7S. The van der Waals surface area contributed by atoms with Gasteiger partial charge in [0, 0.05) is 17.7 Å². The smallest absolute Gasteiger partial charge is 0.306 e. The first kappa shape index (κ1) is 21.4. The molecule has 0 bridgehead atoms. The molecule has 1 N–H and O–H groups in total. The average Bonchev–Trinajstić information content (AvgIpc) is 2.80. The molecule has 11 heteroatoms. The van der Waals surface area contributed by atoms with Crippen molar-refractivity contribution in [2.24, 2.45) is 0 Å². The zero-order valence-corrected chi connectivity index (χ0v) is 16.0. The summed E-state index contributed by atoms with van der Waals surface area (Å²) in [5.74, 6) is -3.43. The van der Waals surface area contributed by atoms with Gasteiger partial charge in [-0.2, -0.15) is 0 Å². The van der Waals surface area contributed by atoms with Crippen molar-refractivity contribution in [3.05, 3.63) is 35.2 Å². The fourth-order valence-corrected chi connectivity index (χ4v) is 3.78. The molecule has 1 aromatic carbocycles. The van der Waals surface area contributed by atoms with Crippen molar-refractivity contribution in [2.75, 3.05) is 33.1 Å². The standard InChI is InChI=1S/C17H19FN2O7S/c1-26-14-4-3-13(18)8-11(14)7-12-9-19-15(21)10-20(17(12)23)28(24,25)6-5-16(22)27-2/h3-4,7-8H,5-6,9-10H2,1-2H3,(H,19,21)/b12-7+. The van der Waals surface area contributed by atoms with Crippen molar-refractivity contribution in [3.63, 3.8) is 0 Å². The van der Waals surface area contributed by atoms with E-state index in [1.807, 2.05) is 0 Å². The fourth-order valence-electron chi connectivity index (χ4n) is 2.46. The SMILES string of the molecule is COC(=O)CCS(=O)(=O)N1CC(=O)NC/C(=C\c2cc(F)ccc2OC)C1=O. The van der Waals surface area contributed by atoms with E-state index in [1.54, 1.807) is 0 Å². The lowest BCUT2D eigenvalue weighted by Crippen LogP contribution is -2.42. The molecule has 1 heterocycles. The van der Waals surface area contributed by atoms with E-state index >= 15 is 0 Å². The van der Waals surface area contributed by atoms with Crippen LogP contribution in [-0.2, 0) is 29.1 Å². The highest BCUT2D eigenvalue weighted by atomic mass is 32.2. The van der Waals surface area contributed by atoms with Crippen LogP contribution in [0.1, 0.15) is 12.0 Å². The second-order valence-electron chi connectivity index (χ2n) is 5.79. The highest BCUT2D eigenvalue weighted by Crippen LogP contribution is 2.23. The van der Waals surface area contributed by atoms with Crippen LogP contribution in [-0.4, -0.2) is 63.6 Å². The Kier molecular flexibility index (Phi) is 6.73. The van der Waals surface area contributed by atoms with Crippen molar-refractivity contribution >= 4 is 33.9 Å². The second-order valence-corrected chi connectivity index (χ2v) is 7.80. The molecule has 1 aromatic rings. The van der Waals surface area contributed by atoms with Gasteiger partial charge in [0.15, 0.2) is 0 Å². The molecule has 0 radical (unpaired) electrons. The monoisotopic (exact) mass is 414 g/mol. The van der Waals surface area contributed by atoms with Crippen LogP contribution in [0, 0.1) is 5.82 Å². The average molecular weight is 414 g/mol. The van der Waals surface area contributed by atoms with E-state index in [2.05, 4.69) is 10.1 Å². The zero-order valence-electron chi connectivity index (χ0n) is 15.2. The minimum Gasteiger partial charge on any atom is -0.496 e. The summed E-state index contributed by atoms with van der Waals surface area (Å²) in [7, 11) is -1.81. The van der Waals surface area contributed by atoms with Crippen molar-refractivity contribution < 1.29 is 36.7 Å². The van der Waals surface area contributed by atoms with E-state index in [0.29, 0.717) is 4.31 Å². The first-order valence-electron chi connectivity index (χ1n) is 8.10. The van der Waals surface area contributed by atoms with E-state index in [9.17, 15) is 27.2 Å². The lowest BCUT2D eigenvalue weighted by molar-refractivity contribution is -0.140. The van der Waals surface area contributed by atoms with Gasteiger partial charge in [-0.3, -0.25) is 14.4 Å². The number of sulfonamides is 1. The van der Waals surface area contributed by atoms with Gasteiger partial charge in [-0.1, -0.05) is 0 Å². The third kappa shape index (κ3) is 5.06. The van der Waals surface area contributed by atoms with Gasteiger partial charge in [0.1, 0.15) is 18.1 Å². The quantitative estimate of drug-likeness (QED) is 0.517. The topological polar surface area (TPSA) is 119 Å². The molecule has 1 saturated heterocycles. The third-order valence-electron chi connectivity index (χ3n) is 3.91. The maximum absolute atomic E-state index is 13.6. The van der Waals surface area contributed by atoms with E-state index in [1.165, 1.54) is 25.3 Å². The predicted octanol–water partition coefficient (Wildman–Crippen LogP) is 0.0690. The number of benzene rings is 1. The Bertz CT molecular complexity index is 927. The van der Waals surface area contributed by atoms with Crippen LogP contribution in [0.3, 0.4) is 0 Å². The Morgan fingerprint density at radius 2 is 2.04 bits per heavy atom. The van der Waals surface area contributed by atoms with Crippen LogP contribution in [0.4, 0.5) is 4.39 Å². The maximum atomic E-state index is 13.6. The number of hydrogen-bond donors (Lipinski definition) is 1. The molecule has 1 fully saturated rings. The van der Waals surface area contributed by atoms with Gasteiger partial charge in [0.25, 0.3) is 5.91 Å². The predicted molar refractivity (Wildman–Crippen MR) is 96.1 cm³/mol. The van der Waals surface area contributed by atoms with Gasteiger partial charge in [0.05, 0.1) is 26.4 Å². The zero-order chi connectivity index (χ0) is 20.9. The number of amides is 2. The van der Waals surface area contributed by atoms with E-state index in [0.717, 1.165) is 13.2 Å². The number of nitrogens with one attached hydrogen (secondary N) is 1. The molecule has 9 nitrogen and oxygen atoms in total. The number of rotatable bonds is 6. The molecule has 2 rings (SSSR count). The van der Waals surface area contributed by atoms with Crippen LogP contribution >= 0.6 is 0 Å². The highest BCUT2D eigenvalue weighted by Gasteiger charge is 2.34. The van der Waals surface area contributed by atoms with E-state index in [-0.39, 0.29) is 23.4 Å². The van der Waals surface area contributed by atoms with E-state index in [4.69, 9.17) is 4.74 Å². The number of carbonyl (C=O) groups excluding carboxylic acids is 3. The number of halogens is 1. The summed E-state index contributed by atoms with van der Waals surface area (Å²) in [4.78, 5) is 35.9. The number of hydrogen-bond acceptors (Lipinski definition) is 7. The molecule has 2 amide bonds. The van der Waals surface area contributed by atoms with Crippen LogP contribution in [0.15, 0.2) is 23.8 Å². The Labute approximate surface area is 161 Å². The lowest BCUT2D eigenvalue weighted by atomic mass is 10.1. The number of methoxy groups -OCH3 is 2. The van der Waals surface area contributed by atoms with Gasteiger partial charge < -0.3 is 14.8 Å². The lowest BCUT2D eigenvalue weighted by Gasteiger charge is -2.19. The van der Waals surface area contributed by atoms with Gasteiger partial charge in [-0.05, 0) is 24.3 Å². The van der Waals surface area contributed by atoms with Crippen LogP contribution in [0.5, 0.6) is 5.75 Å². The molecule has 0 unspecified atom stereocenters. The fraction of sp³-hybridized carbons (Fsp3) is 0.353. The number of nitrogens with zero attached hydrogens (tertiary/aromatic N) is 1. The minimum absolute atomic E-state index is 0.0867. The molecule has 0 aliphatic carbocycles. The van der Waals surface area contributed by atoms with Gasteiger partial charge in [-0.25, -0.2) is 17.1 Å². The Morgan fingerprint density at radius 1 is 1.32 bits per heavy atom. The number of carbonyl (C=O) groups is 3. The van der Waals surface area contributed by atoms with Crippen LogP contribution < -0.4 is 10.1 Å². The molecule has 28 heavy (non-hydrogen) atoms. The third-order valence-corrected chi connectivity index (χ3v) is 5.60. The molecule has 0 spiro atoms. The number of esters is 1. The normalized spacial score (nSPS) is 16.5. The first-order chi connectivity index (χ1) is 13.2. The molecule has 1 aliphatic rings. The first-order valence-corrected chi connectivity index (χ1v) is 9.71. The summed E-state index contributed by atoms with van der Waals surface area (Å²) in [6.07, 6.45) is 0.777. The second kappa shape index (κ2) is 8.83. The summed E-state index contributed by atoms with van der Waals surface area (Å²) in [5, 5.41) is 2.42. The molecule has 0 saturated carbocycles. The highest BCUT2D eigenvalue weighted by molar-refractivity contribution is 7.89. The molecular weight excluding hydrogens is 395 g/mol. The van der Waals surface area contributed by atoms with Crippen molar-refractivity contribution in [3.8, 4) is 5.75 Å². The van der Waals surface area contributed by atoms with Gasteiger partial charge in [0.2, 0.25) is 15.9 Å². The Hall–Kier alpha value is -2.95. The summed E-state index contributed by atoms with van der Waals surface area (Å²) < 4.78 is 48.5. The Morgan fingerprint density at radius 3 is 2.68 bits per heavy atom. The maximum Gasteiger partial charge on any atom is 0.306 e. The van der Waals surface area contributed by atoms with Crippen molar-refractivity contribution in [1.82, 2.24) is 9.62 Å². The minimum atomic E-state index is -4.27. The van der Waals surface area contributed by atoms with Crippen LogP contribution in [0.2, 0.25) is 0 Å². The number of ether oxygens (including phenoxy) is 2. The largest absolute Gasteiger partial charge is 0.496 e. The molecule has 1 aliphatic heterocycles. The van der Waals surface area contributed by atoms with E-state index < -0.39 is 52.3 Å². The van der Waals surface area contributed by atoms with Crippen molar-refractivity contribution in [2.45, 2.75) is 6.42 Å². The summed E-state index contributed by atoms with van der Waals surface area (Å²) in [6.45, 7) is -0.972. The van der Waals surface area contributed by atoms with Gasteiger partial charge in [-0.15, -0.1) is 0 Å². The Balaban J connectivity index is 2.40. The summed E-state index contributed by atoms with van der Waals surface area (Å²) in [5.41, 5.74) is 0.116. The summed E-state index contributed by atoms with van der Waals surface area (Å²) >= 11 is 0. The van der Waals surface area contributed by atoms with Crippen molar-refractivity contribution in [1.29, 1.82) is 0 Å². The molecule has 0 atom stereocenters.